The van der Waals surface area contributed by atoms with E-state index in [2.05, 4.69) is 22.5 Å². The summed E-state index contributed by atoms with van der Waals surface area (Å²) >= 11 is 1.58. The molecule has 0 saturated carbocycles. The summed E-state index contributed by atoms with van der Waals surface area (Å²) in [6, 6.07) is 3.92. The molecule has 104 valence electrons. The minimum absolute atomic E-state index is 0.0715. The number of thiophene rings is 1. The molecule has 3 rings (SSSR count). The molecular formula is C15H16N2O2S. The van der Waals surface area contributed by atoms with Crippen molar-refractivity contribution >= 4 is 17.2 Å². The van der Waals surface area contributed by atoms with E-state index in [-0.39, 0.29) is 5.91 Å². The van der Waals surface area contributed by atoms with Gasteiger partial charge in [-0.3, -0.25) is 4.79 Å². The predicted molar refractivity (Wildman–Crippen MR) is 78.1 cm³/mol. The van der Waals surface area contributed by atoms with Crippen LogP contribution in [0, 0.1) is 5.92 Å². The van der Waals surface area contributed by atoms with E-state index in [1.165, 1.54) is 0 Å². The van der Waals surface area contributed by atoms with Gasteiger partial charge in [0.05, 0.1) is 17.1 Å². The monoisotopic (exact) mass is 288 g/mol. The second kappa shape index (κ2) is 6.05. The molecule has 1 unspecified atom stereocenters. The van der Waals surface area contributed by atoms with Crippen molar-refractivity contribution in [2.45, 2.75) is 25.8 Å². The highest BCUT2D eigenvalue weighted by Gasteiger charge is 2.14. The van der Waals surface area contributed by atoms with Gasteiger partial charge in [-0.1, -0.05) is 18.2 Å². The first-order valence-corrected chi connectivity index (χ1v) is 7.61. The highest BCUT2D eigenvalue weighted by atomic mass is 32.1. The maximum Gasteiger partial charge on any atom is 0.236 e. The molecule has 1 N–H and O–H groups in total. The number of hydrogen-bond donors (Lipinski definition) is 1. The normalized spacial score (nSPS) is 17.5. The van der Waals surface area contributed by atoms with Crippen molar-refractivity contribution in [3.8, 4) is 10.8 Å². The minimum atomic E-state index is 0.0715. The van der Waals surface area contributed by atoms with Gasteiger partial charge in [0, 0.05) is 6.42 Å². The van der Waals surface area contributed by atoms with Gasteiger partial charge in [0.15, 0.2) is 0 Å². The van der Waals surface area contributed by atoms with Gasteiger partial charge in [-0.2, -0.15) is 0 Å². The van der Waals surface area contributed by atoms with Crippen LogP contribution >= 0.6 is 11.3 Å². The molecular weight excluding hydrogens is 272 g/mol. The fraction of sp³-hybridized carbons (Fsp3) is 0.333. The molecule has 2 aromatic heterocycles. The van der Waals surface area contributed by atoms with Gasteiger partial charge < -0.3 is 9.73 Å². The first-order chi connectivity index (χ1) is 9.81. The third kappa shape index (κ3) is 3.17. The number of allylic oxidation sites excluding steroid dienone is 2. The Hall–Kier alpha value is -1.88. The van der Waals surface area contributed by atoms with E-state index in [4.69, 9.17) is 4.42 Å². The van der Waals surface area contributed by atoms with Crippen LogP contribution < -0.4 is 5.32 Å². The zero-order valence-corrected chi connectivity index (χ0v) is 11.9. The third-order valence-corrected chi connectivity index (χ3v) is 4.17. The van der Waals surface area contributed by atoms with Crippen LogP contribution in [0.5, 0.6) is 0 Å². The topological polar surface area (TPSA) is 55.1 Å². The summed E-state index contributed by atoms with van der Waals surface area (Å²) in [7, 11) is 0. The number of rotatable bonds is 5. The summed E-state index contributed by atoms with van der Waals surface area (Å²) in [5, 5.41) is 4.87. The van der Waals surface area contributed by atoms with Crippen molar-refractivity contribution in [1.29, 1.82) is 0 Å². The predicted octanol–water partition coefficient (Wildman–Crippen LogP) is 3.38. The quantitative estimate of drug-likeness (QED) is 0.858. The largest absolute Gasteiger partial charge is 0.443 e. The van der Waals surface area contributed by atoms with Crippen LogP contribution in [-0.2, 0) is 11.3 Å². The molecule has 0 fully saturated rings. The number of carbonyl (C=O) groups excluding carboxylic acids is 1. The molecule has 0 aliphatic heterocycles. The van der Waals surface area contributed by atoms with Crippen molar-refractivity contribution in [3.63, 3.8) is 0 Å². The van der Waals surface area contributed by atoms with Crippen LogP contribution in [0.25, 0.3) is 10.8 Å². The smallest absolute Gasteiger partial charge is 0.236 e. The van der Waals surface area contributed by atoms with E-state index < -0.39 is 0 Å². The Morgan fingerprint density at radius 2 is 2.50 bits per heavy atom. The van der Waals surface area contributed by atoms with Crippen LogP contribution in [0.3, 0.4) is 0 Å². The lowest BCUT2D eigenvalue weighted by Gasteiger charge is -2.07. The number of amides is 1. The lowest BCUT2D eigenvalue weighted by molar-refractivity contribution is -0.121. The Bertz CT molecular complexity index is 601. The SMILES string of the molecule is O=C(CC1C=CCC1)NCc1coc(-c2cccs2)n1. The van der Waals surface area contributed by atoms with Crippen LogP contribution in [0.2, 0.25) is 0 Å². The van der Waals surface area contributed by atoms with Gasteiger partial charge in [-0.15, -0.1) is 11.3 Å². The molecule has 4 nitrogen and oxygen atoms in total. The van der Waals surface area contributed by atoms with Crippen molar-refractivity contribution in [3.05, 3.63) is 41.6 Å². The third-order valence-electron chi connectivity index (χ3n) is 3.31. The first-order valence-electron chi connectivity index (χ1n) is 6.73. The molecule has 0 bridgehead atoms. The zero-order chi connectivity index (χ0) is 13.8. The van der Waals surface area contributed by atoms with Gasteiger partial charge in [-0.25, -0.2) is 4.98 Å². The molecule has 5 heteroatoms. The van der Waals surface area contributed by atoms with Gasteiger partial charge in [0.1, 0.15) is 6.26 Å². The average molecular weight is 288 g/mol. The van der Waals surface area contributed by atoms with Crippen LogP contribution in [-0.4, -0.2) is 10.9 Å². The summed E-state index contributed by atoms with van der Waals surface area (Å²) < 4.78 is 5.41. The maximum absolute atomic E-state index is 11.8. The van der Waals surface area contributed by atoms with E-state index in [1.54, 1.807) is 17.6 Å². The van der Waals surface area contributed by atoms with Crippen molar-refractivity contribution < 1.29 is 9.21 Å². The van der Waals surface area contributed by atoms with Crippen molar-refractivity contribution in [2.24, 2.45) is 5.92 Å². The van der Waals surface area contributed by atoms with E-state index in [0.29, 0.717) is 24.8 Å². The molecule has 0 spiro atoms. The maximum atomic E-state index is 11.8. The molecule has 20 heavy (non-hydrogen) atoms. The van der Waals surface area contributed by atoms with Crippen LogP contribution in [0.15, 0.2) is 40.3 Å². The van der Waals surface area contributed by atoms with Crippen LogP contribution in [0.1, 0.15) is 25.0 Å². The zero-order valence-electron chi connectivity index (χ0n) is 11.0. The van der Waals surface area contributed by atoms with Gasteiger partial charge >= 0.3 is 0 Å². The van der Waals surface area contributed by atoms with E-state index in [9.17, 15) is 4.79 Å². The fourth-order valence-corrected chi connectivity index (χ4v) is 2.92. The Morgan fingerprint density at radius 1 is 1.55 bits per heavy atom. The summed E-state index contributed by atoms with van der Waals surface area (Å²) in [4.78, 5) is 17.2. The average Bonchev–Trinajstić information content (AvgIpc) is 3.18. The Morgan fingerprint density at radius 3 is 3.25 bits per heavy atom. The van der Waals surface area contributed by atoms with E-state index >= 15 is 0 Å². The molecule has 0 aromatic carbocycles. The molecule has 1 aliphatic rings. The van der Waals surface area contributed by atoms with E-state index in [0.717, 1.165) is 23.4 Å². The Balaban J connectivity index is 1.51. The Labute approximate surface area is 121 Å². The number of aromatic nitrogens is 1. The molecule has 2 aromatic rings. The van der Waals surface area contributed by atoms with E-state index in [1.807, 2.05) is 17.5 Å². The number of hydrogen-bond acceptors (Lipinski definition) is 4. The minimum Gasteiger partial charge on any atom is -0.443 e. The molecule has 0 saturated heterocycles. The standard InChI is InChI=1S/C15H16N2O2S/c18-14(8-11-4-1-2-5-11)16-9-12-10-19-15(17-12)13-6-3-7-20-13/h1,3-4,6-7,10-11H,2,5,8-9H2,(H,16,18). The van der Waals surface area contributed by atoms with Gasteiger partial charge in [-0.05, 0) is 30.2 Å². The number of nitrogens with zero attached hydrogens (tertiary/aromatic N) is 1. The highest BCUT2D eigenvalue weighted by molar-refractivity contribution is 7.13. The fourth-order valence-electron chi connectivity index (χ4n) is 2.27. The Kier molecular flexibility index (Phi) is 3.97. The summed E-state index contributed by atoms with van der Waals surface area (Å²) in [5.41, 5.74) is 0.753. The number of oxazole rings is 1. The second-order valence-electron chi connectivity index (χ2n) is 4.87. The number of carbonyl (C=O) groups is 1. The molecule has 1 amide bonds. The first kappa shape index (κ1) is 13.1. The van der Waals surface area contributed by atoms with Crippen LogP contribution in [0.4, 0.5) is 0 Å². The van der Waals surface area contributed by atoms with Gasteiger partial charge in [0.2, 0.25) is 11.8 Å². The summed E-state index contributed by atoms with van der Waals surface area (Å²) in [6.07, 6.45) is 8.61. The van der Waals surface area contributed by atoms with Crippen molar-refractivity contribution in [2.75, 3.05) is 0 Å². The van der Waals surface area contributed by atoms with Gasteiger partial charge in [0.25, 0.3) is 0 Å². The molecule has 2 heterocycles. The lowest BCUT2D eigenvalue weighted by Crippen LogP contribution is -2.24. The lowest BCUT2D eigenvalue weighted by atomic mass is 10.1. The molecule has 0 radical (unpaired) electrons. The van der Waals surface area contributed by atoms with Crippen molar-refractivity contribution in [1.82, 2.24) is 10.3 Å². The molecule has 1 aliphatic carbocycles. The second-order valence-corrected chi connectivity index (χ2v) is 5.82. The molecule has 1 atom stereocenters. The number of nitrogens with one attached hydrogen (secondary N) is 1. The highest BCUT2D eigenvalue weighted by Crippen LogP contribution is 2.23. The summed E-state index contributed by atoms with van der Waals surface area (Å²) in [5.74, 6) is 1.08. The summed E-state index contributed by atoms with van der Waals surface area (Å²) in [6.45, 7) is 0.421.